The number of nitrogens with zero attached hydrogens (tertiary/aromatic N) is 1. The van der Waals surface area contributed by atoms with Gasteiger partial charge < -0.3 is 15.5 Å². The van der Waals surface area contributed by atoms with Crippen LogP contribution < -0.4 is 10.6 Å². The van der Waals surface area contributed by atoms with Gasteiger partial charge in [0.05, 0.1) is 11.6 Å². The Bertz CT molecular complexity index is 978. The quantitative estimate of drug-likeness (QED) is 0.741. The number of piperidine rings is 1. The van der Waals surface area contributed by atoms with Gasteiger partial charge in [0.2, 0.25) is 17.7 Å². The number of carbonyl (C=O) groups is 3. The van der Waals surface area contributed by atoms with Gasteiger partial charge in [0.15, 0.2) is 5.25 Å². The second-order valence-corrected chi connectivity index (χ2v) is 8.90. The molecule has 30 heavy (non-hydrogen) atoms. The maximum atomic E-state index is 13.1. The SMILES string of the molecule is Cc1ccccc1CNC(=O)[C@H]1CCCN(C(=O)[C@H]2Sc3ccccc3NC2=O)C1. The topological polar surface area (TPSA) is 78.5 Å². The third-order valence-electron chi connectivity index (χ3n) is 5.67. The Kier molecular flexibility index (Phi) is 6.08. The van der Waals surface area contributed by atoms with Crippen LogP contribution in [0.5, 0.6) is 0 Å². The first kappa shape index (κ1) is 20.5. The van der Waals surface area contributed by atoms with Crippen LogP contribution in [0.2, 0.25) is 0 Å². The number of hydrogen-bond donors (Lipinski definition) is 2. The van der Waals surface area contributed by atoms with Gasteiger partial charge in [-0.15, -0.1) is 11.8 Å². The zero-order valence-corrected chi connectivity index (χ0v) is 17.7. The number of benzene rings is 2. The zero-order chi connectivity index (χ0) is 21.1. The van der Waals surface area contributed by atoms with Gasteiger partial charge in [-0.25, -0.2) is 0 Å². The summed E-state index contributed by atoms with van der Waals surface area (Å²) in [4.78, 5) is 40.9. The Labute approximate surface area is 180 Å². The molecule has 0 spiro atoms. The lowest BCUT2D eigenvalue weighted by Gasteiger charge is -2.35. The van der Waals surface area contributed by atoms with Crippen molar-refractivity contribution in [3.8, 4) is 0 Å². The summed E-state index contributed by atoms with van der Waals surface area (Å²) < 4.78 is 0. The second-order valence-electron chi connectivity index (χ2n) is 7.75. The third kappa shape index (κ3) is 4.36. The van der Waals surface area contributed by atoms with Crippen molar-refractivity contribution in [1.29, 1.82) is 0 Å². The molecule has 156 valence electrons. The molecule has 0 radical (unpaired) electrons. The molecule has 4 rings (SSSR count). The largest absolute Gasteiger partial charge is 0.352 e. The smallest absolute Gasteiger partial charge is 0.247 e. The molecule has 2 atom stereocenters. The highest BCUT2D eigenvalue weighted by Gasteiger charge is 2.38. The fourth-order valence-corrected chi connectivity index (χ4v) is 4.98. The van der Waals surface area contributed by atoms with Gasteiger partial charge in [0.25, 0.3) is 0 Å². The minimum absolute atomic E-state index is 0.0400. The van der Waals surface area contributed by atoms with Crippen molar-refractivity contribution in [3.05, 3.63) is 59.7 Å². The van der Waals surface area contributed by atoms with Gasteiger partial charge in [0, 0.05) is 24.5 Å². The molecule has 0 unspecified atom stereocenters. The van der Waals surface area contributed by atoms with E-state index in [4.69, 9.17) is 0 Å². The van der Waals surface area contributed by atoms with Gasteiger partial charge >= 0.3 is 0 Å². The zero-order valence-electron chi connectivity index (χ0n) is 16.9. The maximum Gasteiger partial charge on any atom is 0.247 e. The summed E-state index contributed by atoms with van der Waals surface area (Å²) in [6.07, 6.45) is 1.50. The number of likely N-dealkylation sites (tertiary alicyclic amines) is 1. The molecule has 0 aliphatic carbocycles. The van der Waals surface area contributed by atoms with Crippen LogP contribution in [-0.4, -0.2) is 41.0 Å². The van der Waals surface area contributed by atoms with Gasteiger partial charge in [0.1, 0.15) is 0 Å². The lowest BCUT2D eigenvalue weighted by atomic mass is 9.96. The van der Waals surface area contributed by atoms with Crippen molar-refractivity contribution in [1.82, 2.24) is 10.2 Å². The van der Waals surface area contributed by atoms with Crippen molar-refractivity contribution in [2.75, 3.05) is 18.4 Å². The highest BCUT2D eigenvalue weighted by molar-refractivity contribution is 8.01. The molecule has 1 saturated heterocycles. The van der Waals surface area contributed by atoms with E-state index in [1.54, 1.807) is 4.90 Å². The van der Waals surface area contributed by atoms with Gasteiger partial charge in [-0.05, 0) is 43.0 Å². The molecule has 1 fully saturated rings. The highest BCUT2D eigenvalue weighted by Crippen LogP contribution is 2.36. The number of carbonyl (C=O) groups excluding carboxylic acids is 3. The first-order valence-electron chi connectivity index (χ1n) is 10.2. The van der Waals surface area contributed by atoms with Crippen molar-refractivity contribution in [2.45, 2.75) is 36.5 Å². The van der Waals surface area contributed by atoms with E-state index < -0.39 is 5.25 Å². The Morgan fingerprint density at radius 2 is 1.93 bits per heavy atom. The first-order valence-corrected chi connectivity index (χ1v) is 11.1. The van der Waals surface area contributed by atoms with Crippen molar-refractivity contribution in [3.63, 3.8) is 0 Å². The number of thioether (sulfide) groups is 1. The average Bonchev–Trinajstić information content (AvgIpc) is 2.77. The molecule has 2 N–H and O–H groups in total. The van der Waals surface area contributed by atoms with Crippen LogP contribution in [0.25, 0.3) is 0 Å². The van der Waals surface area contributed by atoms with E-state index in [2.05, 4.69) is 10.6 Å². The van der Waals surface area contributed by atoms with E-state index in [1.807, 2.05) is 55.5 Å². The molecular weight excluding hydrogens is 398 g/mol. The molecular formula is C23H25N3O3S. The minimum atomic E-state index is -0.811. The molecule has 2 heterocycles. The summed E-state index contributed by atoms with van der Waals surface area (Å²) in [6.45, 7) is 3.43. The molecule has 3 amide bonds. The monoisotopic (exact) mass is 423 g/mol. The van der Waals surface area contributed by atoms with Crippen molar-refractivity contribution in [2.24, 2.45) is 5.92 Å². The third-order valence-corrected chi connectivity index (χ3v) is 6.93. The van der Waals surface area contributed by atoms with E-state index >= 15 is 0 Å². The minimum Gasteiger partial charge on any atom is -0.352 e. The summed E-state index contributed by atoms with van der Waals surface area (Å²) in [6, 6.07) is 15.4. The molecule has 2 aliphatic heterocycles. The summed E-state index contributed by atoms with van der Waals surface area (Å²) in [7, 11) is 0. The molecule has 2 aromatic rings. The van der Waals surface area contributed by atoms with Crippen LogP contribution in [0.4, 0.5) is 5.69 Å². The van der Waals surface area contributed by atoms with Gasteiger partial charge in [-0.3, -0.25) is 14.4 Å². The van der Waals surface area contributed by atoms with E-state index in [-0.39, 0.29) is 23.6 Å². The molecule has 0 bridgehead atoms. The molecule has 2 aromatic carbocycles. The Hall–Kier alpha value is -2.80. The number of hydrogen-bond acceptors (Lipinski definition) is 4. The van der Waals surface area contributed by atoms with E-state index in [9.17, 15) is 14.4 Å². The van der Waals surface area contributed by atoms with Crippen molar-refractivity contribution < 1.29 is 14.4 Å². The van der Waals surface area contributed by atoms with Gasteiger partial charge in [-0.1, -0.05) is 36.4 Å². The lowest BCUT2D eigenvalue weighted by Crippen LogP contribution is -2.50. The van der Waals surface area contributed by atoms with Gasteiger partial charge in [-0.2, -0.15) is 0 Å². The standard InChI is InChI=1S/C23H25N3O3S/c1-15-7-2-3-8-16(15)13-24-21(27)17-9-6-12-26(14-17)23(29)20-22(28)25-18-10-4-5-11-19(18)30-20/h2-5,7-8,10-11,17,20H,6,9,12-14H2,1H3,(H,24,27)(H,25,28)/t17-,20-/m0/s1. The number of fused-ring (bicyclic) bond motifs is 1. The van der Waals surface area contributed by atoms with Crippen LogP contribution in [0.15, 0.2) is 53.4 Å². The van der Waals surface area contributed by atoms with Crippen LogP contribution in [0.3, 0.4) is 0 Å². The normalized spacial score (nSPS) is 20.8. The highest BCUT2D eigenvalue weighted by atomic mass is 32.2. The number of aryl methyl sites for hydroxylation is 1. The van der Waals surface area contributed by atoms with Crippen LogP contribution in [0, 0.1) is 12.8 Å². The van der Waals surface area contributed by atoms with Crippen LogP contribution in [-0.2, 0) is 20.9 Å². The number of anilines is 1. The Morgan fingerprint density at radius 1 is 1.17 bits per heavy atom. The van der Waals surface area contributed by atoms with Crippen molar-refractivity contribution >= 4 is 35.2 Å². The number of amides is 3. The number of para-hydroxylation sites is 1. The molecule has 0 aromatic heterocycles. The summed E-state index contributed by atoms with van der Waals surface area (Å²) in [5.74, 6) is -0.810. The Morgan fingerprint density at radius 3 is 2.77 bits per heavy atom. The lowest BCUT2D eigenvalue weighted by molar-refractivity contribution is -0.137. The average molecular weight is 424 g/mol. The van der Waals surface area contributed by atoms with E-state index in [0.29, 0.717) is 19.6 Å². The maximum absolute atomic E-state index is 13.1. The van der Waals surface area contributed by atoms with Crippen LogP contribution >= 0.6 is 11.8 Å². The van der Waals surface area contributed by atoms with Crippen LogP contribution in [0.1, 0.15) is 24.0 Å². The molecule has 0 saturated carbocycles. The molecule has 7 heteroatoms. The fourth-order valence-electron chi connectivity index (χ4n) is 3.91. The molecule has 6 nitrogen and oxygen atoms in total. The summed E-state index contributed by atoms with van der Waals surface area (Å²) in [5, 5.41) is 5.02. The number of rotatable bonds is 4. The summed E-state index contributed by atoms with van der Waals surface area (Å²) >= 11 is 1.28. The second kappa shape index (κ2) is 8.92. The number of nitrogens with one attached hydrogen (secondary N) is 2. The molecule has 2 aliphatic rings. The Balaban J connectivity index is 1.37. The fraction of sp³-hybridized carbons (Fsp3) is 0.348. The predicted octanol–water partition coefficient (Wildman–Crippen LogP) is 2.96. The predicted molar refractivity (Wildman–Crippen MR) is 117 cm³/mol. The first-order chi connectivity index (χ1) is 14.5. The summed E-state index contributed by atoms with van der Waals surface area (Å²) in [5.41, 5.74) is 2.96. The van der Waals surface area contributed by atoms with E-state index in [0.717, 1.165) is 34.6 Å². The van der Waals surface area contributed by atoms with E-state index in [1.165, 1.54) is 11.8 Å².